The van der Waals surface area contributed by atoms with Gasteiger partial charge in [0.05, 0.1) is 15.9 Å². The zero-order valence-corrected chi connectivity index (χ0v) is 46.6. The van der Waals surface area contributed by atoms with Crippen molar-refractivity contribution < 1.29 is 65.9 Å². The highest BCUT2D eigenvalue weighted by Crippen LogP contribution is 2.40. The number of sulfone groups is 1. The number of rotatable bonds is 18. The maximum atomic E-state index is 15.1. The first-order valence-corrected chi connectivity index (χ1v) is 30.4. The van der Waals surface area contributed by atoms with Gasteiger partial charge in [-0.25, -0.2) is 13.2 Å². The number of aryl methyl sites for hydroxylation is 1. The summed E-state index contributed by atoms with van der Waals surface area (Å²) in [4.78, 5) is 159. The van der Waals surface area contributed by atoms with E-state index in [4.69, 9.17) is 5.73 Å². The van der Waals surface area contributed by atoms with Crippen LogP contribution in [0.4, 0.5) is 5.69 Å². The van der Waals surface area contributed by atoms with Crippen LogP contribution in [0.3, 0.4) is 0 Å². The molecule has 28 heteroatoms. The molecule has 2 aromatic heterocycles. The molecule has 4 aliphatic rings. The molecule has 3 aromatic carbocycles. The van der Waals surface area contributed by atoms with E-state index in [2.05, 4.69) is 31.6 Å². The number of benzene rings is 3. The van der Waals surface area contributed by atoms with E-state index in [-0.39, 0.29) is 103 Å². The fourth-order valence-electron chi connectivity index (χ4n) is 11.6. The lowest BCUT2D eigenvalue weighted by Gasteiger charge is -2.40. The molecule has 3 aliphatic heterocycles. The van der Waals surface area contributed by atoms with Crippen LogP contribution in [0.25, 0.3) is 21.9 Å². The number of amides is 8. The summed E-state index contributed by atoms with van der Waals surface area (Å²) in [5.74, 6) is -5.00. The number of aromatic nitrogens is 3. The Morgan fingerprint density at radius 2 is 1.60 bits per heavy atom. The van der Waals surface area contributed by atoms with Crippen LogP contribution in [0, 0.1) is 11.8 Å². The van der Waals surface area contributed by atoms with Crippen LogP contribution in [0.15, 0.2) is 76.4 Å². The van der Waals surface area contributed by atoms with Crippen molar-refractivity contribution in [1.29, 1.82) is 0 Å². The first-order valence-electron chi connectivity index (χ1n) is 26.9. The Kier molecular flexibility index (Phi) is 17.0. The van der Waals surface area contributed by atoms with Gasteiger partial charge in [-0.2, -0.15) is 0 Å². The van der Waals surface area contributed by atoms with Gasteiger partial charge >= 0.3 is 13.3 Å². The number of primary amides is 1. The van der Waals surface area contributed by atoms with Gasteiger partial charge in [0.2, 0.25) is 41.4 Å². The van der Waals surface area contributed by atoms with E-state index in [0.29, 0.717) is 60.8 Å². The number of nitrogens with zero attached hydrogens (tertiary/aromatic N) is 4. The number of aromatic amines is 1. The van der Waals surface area contributed by atoms with E-state index in [1.54, 1.807) is 18.0 Å². The van der Waals surface area contributed by atoms with Gasteiger partial charge in [0.25, 0.3) is 11.4 Å². The number of nitrogens with two attached hydrogens (primary N) is 1. The number of anilines is 1. The van der Waals surface area contributed by atoms with Crippen molar-refractivity contribution in [2.45, 2.75) is 112 Å². The highest BCUT2D eigenvalue weighted by atomic mass is 32.2. The van der Waals surface area contributed by atoms with Crippen molar-refractivity contribution in [1.82, 2.24) is 45.2 Å². The molecule has 5 aromatic rings. The molecule has 4 fully saturated rings. The normalized spacial score (nSPS) is 21.9. The average molecular weight is 1170 g/mol. The van der Waals surface area contributed by atoms with Gasteiger partial charge in [-0.1, -0.05) is 12.1 Å². The summed E-state index contributed by atoms with van der Waals surface area (Å²) in [7, 11) is -7.00. The van der Waals surface area contributed by atoms with Gasteiger partial charge in [0, 0.05) is 86.4 Å². The summed E-state index contributed by atoms with van der Waals surface area (Å²) in [5, 5.41) is 14.2. The lowest BCUT2D eigenvalue weighted by atomic mass is 9.81. The molecule has 9 rings (SSSR count). The van der Waals surface area contributed by atoms with Crippen LogP contribution in [0.5, 0.6) is 0 Å². The quantitative estimate of drug-likeness (QED) is 0.0440. The Morgan fingerprint density at radius 1 is 0.866 bits per heavy atom. The van der Waals surface area contributed by atoms with Crippen LogP contribution in [-0.4, -0.2) is 145 Å². The third-order valence-corrected chi connectivity index (χ3v) is 17.9. The number of hydrogen-bond acceptors (Lipinski definition) is 14. The number of piperidine rings is 1. The summed E-state index contributed by atoms with van der Waals surface area (Å²) < 4.78 is 38.6. The molecule has 0 spiro atoms. The number of imide groups is 1. The van der Waals surface area contributed by atoms with Gasteiger partial charge in [-0.3, -0.25) is 62.2 Å². The smallest absolute Gasteiger partial charge is 0.385 e. The van der Waals surface area contributed by atoms with E-state index in [1.807, 2.05) is 12.1 Å². The predicted octanol–water partition coefficient (Wildman–Crippen LogP) is 1.20. The monoisotopic (exact) mass is 1170 g/mol. The zero-order valence-electron chi connectivity index (χ0n) is 44.9. The van der Waals surface area contributed by atoms with E-state index in [9.17, 15) is 65.9 Å². The van der Waals surface area contributed by atoms with Crippen LogP contribution in [-0.2, 0) is 61.6 Å². The van der Waals surface area contributed by atoms with E-state index in [1.165, 1.54) is 62.6 Å². The highest BCUT2D eigenvalue weighted by Gasteiger charge is 2.47. The molecule has 0 bridgehead atoms. The van der Waals surface area contributed by atoms with Crippen molar-refractivity contribution in [3.63, 3.8) is 0 Å². The third kappa shape index (κ3) is 12.9. The average Bonchev–Trinajstić information content (AvgIpc) is 4.36. The maximum Gasteiger partial charge on any atom is 0.396 e. The Balaban J connectivity index is 0.891. The van der Waals surface area contributed by atoms with Crippen LogP contribution < -0.4 is 38.0 Å². The number of H-pyrrole nitrogens is 1. The fourth-order valence-corrected chi connectivity index (χ4v) is 12.7. The zero-order chi connectivity index (χ0) is 58.9. The topological polar surface area (TPSA) is 381 Å². The Morgan fingerprint density at radius 3 is 2.28 bits per heavy atom. The molecule has 3 saturated heterocycles. The molecule has 5 heterocycles. The Labute approximate surface area is 469 Å². The lowest BCUT2D eigenvalue weighted by Crippen LogP contribution is -2.62. The largest absolute Gasteiger partial charge is 0.396 e. The van der Waals surface area contributed by atoms with Crippen molar-refractivity contribution >= 4 is 97.8 Å². The summed E-state index contributed by atoms with van der Waals surface area (Å²) in [5.41, 5.74) is 6.03. The molecule has 436 valence electrons. The summed E-state index contributed by atoms with van der Waals surface area (Å²) in [6, 6.07) is 11.1. The van der Waals surface area contributed by atoms with Crippen LogP contribution >= 0.6 is 7.60 Å². The summed E-state index contributed by atoms with van der Waals surface area (Å²) in [6.07, 6.45) is 4.05. The lowest BCUT2D eigenvalue weighted by molar-refractivity contribution is -0.147. The van der Waals surface area contributed by atoms with E-state index >= 15 is 4.79 Å². The van der Waals surface area contributed by atoms with E-state index < -0.39 is 94.5 Å². The molecule has 1 aliphatic carbocycles. The van der Waals surface area contributed by atoms with Crippen molar-refractivity contribution in [2.24, 2.45) is 24.6 Å². The highest BCUT2D eigenvalue weighted by molar-refractivity contribution is 7.90. The second-order valence-electron chi connectivity index (χ2n) is 21.6. The Hall–Kier alpha value is -8.00. The number of fused-ring (bicyclic) bond motifs is 3. The third-order valence-electron chi connectivity index (χ3n) is 16.0. The molecule has 10 N–H and O–H groups in total. The fraction of sp³-hybridized carbons (Fsp3) is 0.444. The molecular formula is C54H64N11O15PS. The number of carbonyl (C=O) groups excluding carboxylic acids is 9. The Bertz CT molecular complexity index is 3640. The first kappa shape index (κ1) is 58.6. The summed E-state index contributed by atoms with van der Waals surface area (Å²) in [6.45, 7) is 0.371. The molecule has 8 amide bonds. The number of imidazole rings is 1. The minimum Gasteiger partial charge on any atom is -0.385 e. The first-order chi connectivity index (χ1) is 38.8. The van der Waals surface area contributed by atoms with E-state index in [0.717, 1.165) is 11.9 Å². The van der Waals surface area contributed by atoms with Gasteiger partial charge in [-0.05, 0) is 124 Å². The van der Waals surface area contributed by atoms with Crippen molar-refractivity contribution in [3.05, 3.63) is 94.0 Å². The molecule has 82 heavy (non-hydrogen) atoms. The molecule has 1 saturated carbocycles. The number of carbonyl (C=O) groups is 9. The second-order valence-corrected chi connectivity index (χ2v) is 25.1. The standard InChI is InChI=1S/C54H64N11O15PS/c1-62-44-25-34(10-16-41(44)65(54(62)75)43-18-20-46(67)61-50(43)71)56-26-29-3-7-31(8-4-29)51(72)63-22-21-35-11-17-42(49(70)59-38(15-19-45(55)66)47(68)57-27-30-5-12-36(13-6-30)82(2,79)80)64(35)52(73)40(28-63)60-48(69)39-24-33-23-32(9-14-37(33)58-39)53(74)81(76,77)78/h5-6,9-10,12-14,16,23-25,29,31,35,38,40,42-43,56,58H,3-4,7-8,11,15,17-22,26-28H2,1-2H3,(H2,55,66)(H,57,68)(H,59,70)(H,60,69)(H,61,67,71)(H2,76,77,78)/t29-,31-,35-,38+,40+,42+,43?/m1/s1. The molecule has 26 nitrogen and oxygen atoms in total. The number of nitrogens with one attached hydrogen (secondary N) is 6. The minimum absolute atomic E-state index is 0.0593. The predicted molar refractivity (Wildman–Crippen MR) is 295 cm³/mol. The van der Waals surface area contributed by atoms with Crippen LogP contribution in [0.2, 0.25) is 0 Å². The maximum absolute atomic E-state index is 15.1. The SMILES string of the molecule is Cn1c(=O)n(C2CCC(=O)NC2=O)c2ccc(NC[C@H]3CC[C@H](C(=O)N4CC[C@H]5CC[C@@H](C(=O)N[C@@H](CCC(N)=O)C(=O)NCc6ccc(S(C)(=O)=O)cc6)N5C(=O)[C@@H](NC(=O)c5cc6cc(C(=O)P(=O)(O)O)ccc6[nH]5)C4)CC3)cc21. The minimum atomic E-state index is -5.14. The van der Waals surface area contributed by atoms with Gasteiger partial charge < -0.3 is 51.6 Å². The van der Waals surface area contributed by atoms with Crippen molar-refractivity contribution in [3.8, 4) is 0 Å². The van der Waals surface area contributed by atoms with Crippen molar-refractivity contribution in [2.75, 3.05) is 31.2 Å². The molecule has 1 unspecified atom stereocenters. The molecular weight excluding hydrogens is 1110 g/mol. The molecule has 0 radical (unpaired) electrons. The van der Waals surface area contributed by atoms with Gasteiger partial charge in [0.15, 0.2) is 9.84 Å². The van der Waals surface area contributed by atoms with Crippen LogP contribution in [0.1, 0.15) is 103 Å². The summed E-state index contributed by atoms with van der Waals surface area (Å²) >= 11 is 0. The van der Waals surface area contributed by atoms with Gasteiger partial charge in [-0.15, -0.1) is 0 Å². The second kappa shape index (κ2) is 23.8. The van der Waals surface area contributed by atoms with Gasteiger partial charge in [0.1, 0.15) is 29.9 Å². The number of hydrogen-bond donors (Lipinski definition) is 9. The molecule has 5 atom stereocenters.